The molecule has 13 nitrogen and oxygen atoms in total. The van der Waals surface area contributed by atoms with Gasteiger partial charge in [-0.3, -0.25) is 15.1 Å². The van der Waals surface area contributed by atoms with Gasteiger partial charge in [0.1, 0.15) is 18.1 Å². The Morgan fingerprint density at radius 3 is 1.60 bits per heavy atom. The molecule has 6 N–H and O–H groups in total. The van der Waals surface area contributed by atoms with Crippen LogP contribution in [0.2, 0.25) is 0 Å². The van der Waals surface area contributed by atoms with E-state index in [9.17, 15) is 34.2 Å². The number of amides is 1. The Kier molecular flexibility index (Phi) is 8.98. The average molecular weight is 587 g/mol. The Morgan fingerprint density at radius 1 is 0.558 bits per heavy atom. The van der Waals surface area contributed by atoms with E-state index in [4.69, 9.17) is 19.8 Å². The number of hydrogen-bond donors (Lipinski definition) is 6. The molecular formula is C30H22N2O11. The summed E-state index contributed by atoms with van der Waals surface area (Å²) in [6.07, 6.45) is 0. The number of hydrogen-bond acceptors (Lipinski definition) is 8. The van der Waals surface area contributed by atoms with E-state index in [0.717, 1.165) is 24.3 Å². The molecule has 4 aromatic rings. The molecule has 0 spiro atoms. The lowest BCUT2D eigenvalue weighted by molar-refractivity contribution is 0.0673. The summed E-state index contributed by atoms with van der Waals surface area (Å²) in [6, 6.07) is 19.7. The number of carbonyl (C=O) groups excluding carboxylic acids is 1. The van der Waals surface area contributed by atoms with Crippen molar-refractivity contribution in [1.29, 1.82) is 0 Å². The summed E-state index contributed by atoms with van der Waals surface area (Å²) < 4.78 is 5.78. The molecule has 0 aliphatic carbocycles. The van der Waals surface area contributed by atoms with Crippen LogP contribution >= 0.6 is 0 Å². The van der Waals surface area contributed by atoms with Crippen LogP contribution in [0.4, 0.5) is 11.4 Å². The lowest BCUT2D eigenvalue weighted by Crippen LogP contribution is -2.17. The van der Waals surface area contributed by atoms with Gasteiger partial charge in [-0.15, -0.1) is 0 Å². The molecule has 0 atom stereocenters. The molecule has 0 saturated carbocycles. The van der Waals surface area contributed by atoms with Gasteiger partial charge in [-0.2, -0.15) is 0 Å². The van der Waals surface area contributed by atoms with Crippen LogP contribution in [0.1, 0.15) is 57.4 Å². The molecule has 0 radical (unpaired) electrons. The molecule has 0 aliphatic heterocycles. The number of anilines is 2. The Bertz CT molecular complexity index is 1720. The van der Waals surface area contributed by atoms with Gasteiger partial charge in [-0.05, 0) is 84.4 Å². The minimum atomic E-state index is -1.44. The molecule has 0 heterocycles. The van der Waals surface area contributed by atoms with Crippen LogP contribution < -0.4 is 15.5 Å². The first kappa shape index (κ1) is 29.8. The molecular weight excluding hydrogens is 564 g/mol. The Morgan fingerprint density at radius 2 is 1.07 bits per heavy atom. The summed E-state index contributed by atoms with van der Waals surface area (Å²) in [5, 5.41) is 39.4. The number of nitrogens with one attached hydrogen (secondary N) is 2. The zero-order chi connectivity index (χ0) is 31.1. The van der Waals surface area contributed by atoms with Crippen LogP contribution in [-0.2, 0) is 11.4 Å². The van der Waals surface area contributed by atoms with Crippen molar-refractivity contribution in [2.24, 2.45) is 0 Å². The fourth-order valence-corrected chi connectivity index (χ4v) is 3.82. The standard InChI is InChI=1S/C30H22N2O11/c33-26(23-12-3-17(28(36)37)14-25(23)30(40)41)31-19-4-8-21(9-5-19)43-22-10-6-20(7-11-22)32-42-15-18-2-1-16(27(34)35)13-24(18)29(38)39/h1-14,32H,15H2,(H,31,33)(H,34,35)(H,36,37)(H,38,39)(H,40,41). The molecule has 4 aromatic carbocycles. The van der Waals surface area contributed by atoms with Crippen molar-refractivity contribution in [1.82, 2.24) is 0 Å². The summed E-state index contributed by atoms with van der Waals surface area (Å²) in [6.45, 7) is -0.145. The quantitative estimate of drug-likeness (QED) is 0.120. The van der Waals surface area contributed by atoms with Crippen LogP contribution in [0.3, 0.4) is 0 Å². The highest BCUT2D eigenvalue weighted by atomic mass is 16.6. The first-order chi connectivity index (χ1) is 20.5. The normalized spacial score (nSPS) is 10.4. The molecule has 4 rings (SSSR count). The second kappa shape index (κ2) is 13.0. The largest absolute Gasteiger partial charge is 0.478 e. The van der Waals surface area contributed by atoms with E-state index < -0.39 is 35.3 Å². The lowest BCUT2D eigenvalue weighted by atomic mass is 10.0. The van der Waals surface area contributed by atoms with Crippen LogP contribution in [0.5, 0.6) is 11.5 Å². The molecule has 0 unspecified atom stereocenters. The van der Waals surface area contributed by atoms with Crippen molar-refractivity contribution in [3.05, 3.63) is 118 Å². The number of aromatic carboxylic acids is 4. The van der Waals surface area contributed by atoms with Crippen molar-refractivity contribution in [3.63, 3.8) is 0 Å². The fraction of sp³-hybridized carbons (Fsp3) is 0.0333. The van der Waals surface area contributed by atoms with Crippen molar-refractivity contribution in [2.45, 2.75) is 6.61 Å². The smallest absolute Gasteiger partial charge is 0.336 e. The van der Waals surface area contributed by atoms with Gasteiger partial charge < -0.3 is 30.5 Å². The van der Waals surface area contributed by atoms with Crippen LogP contribution in [0.15, 0.2) is 84.9 Å². The minimum absolute atomic E-state index is 0.145. The SMILES string of the molecule is O=C(O)c1ccc(CONc2ccc(Oc3ccc(NC(=O)c4ccc(C(=O)O)cc4C(=O)O)cc3)cc2)c(C(=O)O)c1. The predicted molar refractivity (Wildman–Crippen MR) is 150 cm³/mol. The molecule has 0 bridgehead atoms. The summed E-state index contributed by atoms with van der Waals surface area (Å²) in [7, 11) is 0. The Hall–Kier alpha value is -6.21. The predicted octanol–water partition coefficient (Wildman–Crippen LogP) is 5.07. The van der Waals surface area contributed by atoms with Crippen molar-refractivity contribution >= 4 is 41.2 Å². The molecule has 1 amide bonds. The maximum absolute atomic E-state index is 12.7. The van der Waals surface area contributed by atoms with Crippen LogP contribution in [0.25, 0.3) is 0 Å². The summed E-state index contributed by atoms with van der Waals surface area (Å²) in [4.78, 5) is 63.2. The first-order valence-electron chi connectivity index (χ1n) is 12.3. The summed E-state index contributed by atoms with van der Waals surface area (Å²) in [5.41, 5.74) is 2.59. The molecule has 0 aromatic heterocycles. The summed E-state index contributed by atoms with van der Waals surface area (Å²) >= 11 is 0. The first-order valence-corrected chi connectivity index (χ1v) is 12.3. The average Bonchev–Trinajstić information content (AvgIpc) is 2.98. The molecule has 0 fully saturated rings. The van der Waals surface area contributed by atoms with E-state index in [2.05, 4.69) is 10.8 Å². The third kappa shape index (κ3) is 7.50. The van der Waals surface area contributed by atoms with Crippen LogP contribution in [-0.4, -0.2) is 50.2 Å². The molecule has 0 aliphatic rings. The number of ether oxygens (including phenoxy) is 1. The van der Waals surface area contributed by atoms with E-state index in [1.54, 1.807) is 36.4 Å². The van der Waals surface area contributed by atoms with Gasteiger partial charge in [-0.25, -0.2) is 19.2 Å². The fourth-order valence-electron chi connectivity index (χ4n) is 3.82. The van der Waals surface area contributed by atoms with Gasteiger partial charge >= 0.3 is 23.9 Å². The molecule has 43 heavy (non-hydrogen) atoms. The second-order valence-electron chi connectivity index (χ2n) is 8.85. The van der Waals surface area contributed by atoms with Crippen molar-refractivity contribution in [3.8, 4) is 11.5 Å². The number of carboxylic acids is 4. The maximum Gasteiger partial charge on any atom is 0.336 e. The van der Waals surface area contributed by atoms with Crippen molar-refractivity contribution < 1.29 is 54.0 Å². The van der Waals surface area contributed by atoms with Gasteiger partial charge in [-0.1, -0.05) is 6.07 Å². The van der Waals surface area contributed by atoms with Gasteiger partial charge in [0.25, 0.3) is 5.91 Å². The maximum atomic E-state index is 12.7. The monoisotopic (exact) mass is 586 g/mol. The van der Waals surface area contributed by atoms with Crippen molar-refractivity contribution in [2.75, 3.05) is 10.8 Å². The summed E-state index contributed by atoms with van der Waals surface area (Å²) in [5.74, 6) is -5.12. The van der Waals surface area contributed by atoms with E-state index in [1.165, 1.54) is 24.3 Å². The van der Waals surface area contributed by atoms with Gasteiger partial charge in [0.05, 0.1) is 33.5 Å². The zero-order valence-corrected chi connectivity index (χ0v) is 21.9. The highest BCUT2D eigenvalue weighted by Gasteiger charge is 2.19. The molecule has 13 heteroatoms. The minimum Gasteiger partial charge on any atom is -0.478 e. The van der Waals surface area contributed by atoms with E-state index in [0.29, 0.717) is 22.9 Å². The Balaban J connectivity index is 1.33. The number of carboxylic acid groups (broad SMARTS) is 4. The zero-order valence-electron chi connectivity index (χ0n) is 21.9. The topological polar surface area (TPSA) is 209 Å². The highest BCUT2D eigenvalue weighted by molar-refractivity contribution is 6.11. The third-order valence-corrected chi connectivity index (χ3v) is 5.95. The Labute approximate surface area is 242 Å². The molecule has 0 saturated heterocycles. The van der Waals surface area contributed by atoms with Crippen LogP contribution in [0, 0.1) is 0 Å². The lowest BCUT2D eigenvalue weighted by Gasteiger charge is -2.11. The van der Waals surface area contributed by atoms with Gasteiger partial charge in [0, 0.05) is 5.69 Å². The third-order valence-electron chi connectivity index (χ3n) is 5.95. The van der Waals surface area contributed by atoms with Gasteiger partial charge in [0.2, 0.25) is 0 Å². The number of rotatable bonds is 12. The van der Waals surface area contributed by atoms with Gasteiger partial charge in [0.15, 0.2) is 0 Å². The molecule has 218 valence electrons. The van der Waals surface area contributed by atoms with E-state index in [-0.39, 0.29) is 34.4 Å². The van der Waals surface area contributed by atoms with E-state index >= 15 is 0 Å². The highest BCUT2D eigenvalue weighted by Crippen LogP contribution is 2.25. The number of carbonyl (C=O) groups is 5. The second-order valence-corrected chi connectivity index (χ2v) is 8.85. The number of benzene rings is 4. The van der Waals surface area contributed by atoms with E-state index in [1.807, 2.05) is 0 Å².